The zero-order valence-electron chi connectivity index (χ0n) is 16.2. The number of amides is 1. The van der Waals surface area contributed by atoms with Crippen LogP contribution in [0.2, 0.25) is 5.02 Å². The molecule has 2 aromatic rings. The highest BCUT2D eigenvalue weighted by Crippen LogP contribution is 2.36. The molecule has 4 rings (SSSR count). The number of benzene rings is 1. The number of nitrogens with zero attached hydrogens (tertiary/aromatic N) is 1. The molecular weight excluding hydrogens is 430 g/mol. The summed E-state index contributed by atoms with van der Waals surface area (Å²) in [6.07, 6.45) is 2.28. The summed E-state index contributed by atoms with van der Waals surface area (Å²) < 4.78 is 28.7. The molecule has 3 heterocycles. The second kappa shape index (κ2) is 8.89. The van der Waals surface area contributed by atoms with Crippen LogP contribution in [0, 0.1) is 5.92 Å². The van der Waals surface area contributed by atoms with Crippen LogP contribution in [0.1, 0.15) is 19.3 Å². The Balaban J connectivity index is 1.59. The summed E-state index contributed by atoms with van der Waals surface area (Å²) in [6, 6.07) is 7.28. The van der Waals surface area contributed by atoms with E-state index in [0.29, 0.717) is 35.3 Å². The second-order valence-electron chi connectivity index (χ2n) is 7.83. The van der Waals surface area contributed by atoms with E-state index in [2.05, 4.69) is 15.5 Å². The Morgan fingerprint density at radius 3 is 2.76 bits per heavy atom. The van der Waals surface area contributed by atoms with Gasteiger partial charge >= 0.3 is 0 Å². The standard InChI is InChI=1S/C20H26ClN3O3S2/c21-16-2-1-15-11-20(28-17(15)12-16)29(26,27)18(14-3-6-22-7-4-14)5-9-24-10-8-23-19(25)13-24/h1-2,11-12,14,18,22H,3-10,13H2,(H,23,25). The van der Waals surface area contributed by atoms with Gasteiger partial charge in [-0.1, -0.05) is 17.7 Å². The zero-order valence-corrected chi connectivity index (χ0v) is 18.6. The van der Waals surface area contributed by atoms with E-state index >= 15 is 0 Å². The van der Waals surface area contributed by atoms with Crippen LogP contribution < -0.4 is 10.6 Å². The maximum atomic E-state index is 13.7. The Labute approximate surface area is 180 Å². The number of halogens is 1. The lowest BCUT2D eigenvalue weighted by Gasteiger charge is -2.33. The molecule has 2 saturated heterocycles. The minimum absolute atomic E-state index is 0.0129. The Morgan fingerprint density at radius 1 is 1.21 bits per heavy atom. The van der Waals surface area contributed by atoms with Crippen LogP contribution in [0.4, 0.5) is 0 Å². The number of nitrogens with one attached hydrogen (secondary N) is 2. The van der Waals surface area contributed by atoms with Gasteiger partial charge in [0.2, 0.25) is 5.91 Å². The minimum Gasteiger partial charge on any atom is -0.354 e. The summed E-state index contributed by atoms with van der Waals surface area (Å²) in [6.45, 7) is 4.07. The van der Waals surface area contributed by atoms with Gasteiger partial charge in [0, 0.05) is 29.4 Å². The molecule has 0 radical (unpaired) electrons. The molecule has 2 N–H and O–H groups in total. The van der Waals surface area contributed by atoms with Crippen LogP contribution >= 0.6 is 22.9 Å². The fourth-order valence-electron chi connectivity index (χ4n) is 4.32. The second-order valence-corrected chi connectivity index (χ2v) is 11.7. The Morgan fingerprint density at radius 2 is 2.00 bits per heavy atom. The van der Waals surface area contributed by atoms with Gasteiger partial charge in [-0.25, -0.2) is 8.42 Å². The SMILES string of the molecule is O=C1CN(CCC(C2CCNCC2)S(=O)(=O)c2cc3ccc(Cl)cc3s2)CCN1. The van der Waals surface area contributed by atoms with E-state index in [9.17, 15) is 13.2 Å². The lowest BCUT2D eigenvalue weighted by Crippen LogP contribution is -2.49. The first-order valence-electron chi connectivity index (χ1n) is 10.1. The molecule has 1 atom stereocenters. The molecule has 1 aromatic carbocycles. The Hall–Kier alpha value is -1.19. The zero-order chi connectivity index (χ0) is 20.4. The molecule has 0 bridgehead atoms. The van der Waals surface area contributed by atoms with Gasteiger partial charge in [0.25, 0.3) is 0 Å². The number of carbonyl (C=O) groups excluding carboxylic acids is 1. The highest BCUT2D eigenvalue weighted by atomic mass is 35.5. The molecule has 29 heavy (non-hydrogen) atoms. The molecule has 1 aromatic heterocycles. The van der Waals surface area contributed by atoms with E-state index in [1.165, 1.54) is 11.3 Å². The number of rotatable bonds is 6. The first-order valence-corrected chi connectivity index (χ1v) is 12.8. The van der Waals surface area contributed by atoms with Crippen molar-refractivity contribution in [3.63, 3.8) is 0 Å². The molecule has 0 aliphatic carbocycles. The largest absolute Gasteiger partial charge is 0.354 e. The van der Waals surface area contributed by atoms with E-state index in [1.54, 1.807) is 12.1 Å². The van der Waals surface area contributed by atoms with Crippen LogP contribution in [0.3, 0.4) is 0 Å². The van der Waals surface area contributed by atoms with Gasteiger partial charge in [-0.3, -0.25) is 9.69 Å². The summed E-state index contributed by atoms with van der Waals surface area (Å²) in [7, 11) is -3.47. The van der Waals surface area contributed by atoms with Crippen molar-refractivity contribution in [3.8, 4) is 0 Å². The number of hydrogen-bond acceptors (Lipinski definition) is 6. The highest BCUT2D eigenvalue weighted by molar-refractivity contribution is 7.94. The maximum Gasteiger partial charge on any atom is 0.234 e. The lowest BCUT2D eigenvalue weighted by atomic mass is 9.92. The molecule has 158 valence electrons. The van der Waals surface area contributed by atoms with Gasteiger partial charge in [-0.05, 0) is 61.9 Å². The van der Waals surface area contributed by atoms with Crippen LogP contribution in [0.25, 0.3) is 10.1 Å². The predicted octanol–water partition coefficient (Wildman–Crippen LogP) is 2.52. The molecule has 6 nitrogen and oxygen atoms in total. The Bertz CT molecular complexity index is 986. The van der Waals surface area contributed by atoms with Crippen molar-refractivity contribution in [2.75, 3.05) is 39.3 Å². The number of thiophene rings is 1. The van der Waals surface area contributed by atoms with Crippen molar-refractivity contribution in [3.05, 3.63) is 29.3 Å². The van der Waals surface area contributed by atoms with E-state index in [-0.39, 0.29) is 11.8 Å². The van der Waals surface area contributed by atoms with E-state index in [1.807, 2.05) is 12.1 Å². The van der Waals surface area contributed by atoms with Gasteiger partial charge in [-0.2, -0.15) is 0 Å². The summed E-state index contributed by atoms with van der Waals surface area (Å²) in [5, 5.41) is 7.24. The van der Waals surface area contributed by atoms with Crippen molar-refractivity contribution >= 4 is 48.8 Å². The van der Waals surface area contributed by atoms with Gasteiger partial charge < -0.3 is 10.6 Å². The minimum atomic E-state index is -3.47. The van der Waals surface area contributed by atoms with Crippen molar-refractivity contribution in [1.29, 1.82) is 0 Å². The predicted molar refractivity (Wildman–Crippen MR) is 117 cm³/mol. The molecule has 0 spiro atoms. The summed E-state index contributed by atoms with van der Waals surface area (Å²) in [5.74, 6) is 0.146. The van der Waals surface area contributed by atoms with Crippen LogP contribution in [-0.4, -0.2) is 63.7 Å². The molecule has 2 aliphatic heterocycles. The van der Waals surface area contributed by atoms with E-state index < -0.39 is 15.1 Å². The molecule has 0 saturated carbocycles. The third-order valence-corrected chi connectivity index (χ3v) is 10.1. The van der Waals surface area contributed by atoms with Gasteiger partial charge in [0.1, 0.15) is 4.21 Å². The number of carbonyl (C=O) groups is 1. The fraction of sp³-hybridized carbons (Fsp3) is 0.550. The first kappa shape index (κ1) is 21.1. The number of sulfone groups is 1. The third-order valence-electron chi connectivity index (χ3n) is 5.90. The molecule has 1 unspecified atom stereocenters. The van der Waals surface area contributed by atoms with Crippen LogP contribution in [0.15, 0.2) is 28.5 Å². The molecular formula is C20H26ClN3O3S2. The van der Waals surface area contributed by atoms with Crippen molar-refractivity contribution in [2.24, 2.45) is 5.92 Å². The number of hydrogen-bond donors (Lipinski definition) is 2. The van der Waals surface area contributed by atoms with Gasteiger partial charge in [0.05, 0.1) is 11.8 Å². The smallest absolute Gasteiger partial charge is 0.234 e. The molecule has 2 fully saturated rings. The maximum absolute atomic E-state index is 13.7. The lowest BCUT2D eigenvalue weighted by molar-refractivity contribution is -0.124. The normalized spacial score (nSPS) is 20.7. The summed E-state index contributed by atoms with van der Waals surface area (Å²) in [4.78, 5) is 13.7. The van der Waals surface area contributed by atoms with E-state index in [0.717, 1.165) is 42.6 Å². The number of fused-ring (bicyclic) bond motifs is 1. The van der Waals surface area contributed by atoms with Crippen LogP contribution in [0.5, 0.6) is 0 Å². The number of piperidine rings is 1. The van der Waals surface area contributed by atoms with Crippen molar-refractivity contribution < 1.29 is 13.2 Å². The summed E-state index contributed by atoms with van der Waals surface area (Å²) >= 11 is 7.39. The number of piperazine rings is 1. The quantitative estimate of drug-likeness (QED) is 0.699. The van der Waals surface area contributed by atoms with Crippen LogP contribution in [-0.2, 0) is 14.6 Å². The highest BCUT2D eigenvalue weighted by Gasteiger charge is 2.36. The first-order chi connectivity index (χ1) is 13.9. The third kappa shape index (κ3) is 4.77. The molecule has 1 amide bonds. The Kier molecular flexibility index (Phi) is 6.46. The molecule has 9 heteroatoms. The average molecular weight is 456 g/mol. The average Bonchev–Trinajstić information content (AvgIpc) is 3.13. The van der Waals surface area contributed by atoms with Crippen molar-refractivity contribution in [2.45, 2.75) is 28.7 Å². The van der Waals surface area contributed by atoms with Crippen molar-refractivity contribution in [1.82, 2.24) is 15.5 Å². The monoisotopic (exact) mass is 455 g/mol. The topological polar surface area (TPSA) is 78.5 Å². The van der Waals surface area contributed by atoms with Gasteiger partial charge in [0.15, 0.2) is 9.84 Å². The fourth-order valence-corrected chi connectivity index (χ4v) is 8.28. The van der Waals surface area contributed by atoms with E-state index in [4.69, 9.17) is 11.6 Å². The molecule has 2 aliphatic rings. The van der Waals surface area contributed by atoms with Gasteiger partial charge in [-0.15, -0.1) is 11.3 Å². The summed E-state index contributed by atoms with van der Waals surface area (Å²) in [5.41, 5.74) is 0.